The van der Waals surface area contributed by atoms with Crippen molar-refractivity contribution >= 4 is 68.0 Å². The van der Waals surface area contributed by atoms with E-state index in [1.807, 2.05) is 12.1 Å². The fourth-order valence-corrected chi connectivity index (χ4v) is 5.75. The van der Waals surface area contributed by atoms with E-state index in [2.05, 4.69) is 37.9 Å². The first-order chi connectivity index (χ1) is 13.5. The van der Waals surface area contributed by atoms with Gasteiger partial charge in [-0.05, 0) is 52.7 Å². The van der Waals surface area contributed by atoms with Crippen molar-refractivity contribution in [2.75, 3.05) is 18.5 Å². The van der Waals surface area contributed by atoms with Crippen LogP contribution in [0.5, 0.6) is 0 Å². The molecule has 0 bridgehead atoms. The van der Waals surface area contributed by atoms with E-state index in [1.54, 1.807) is 17.6 Å². The lowest BCUT2D eigenvalue weighted by Crippen LogP contribution is -2.37. The molecule has 3 aromatic heterocycles. The van der Waals surface area contributed by atoms with Gasteiger partial charge in [0.25, 0.3) is 6.47 Å². The van der Waals surface area contributed by atoms with Crippen LogP contribution in [0.15, 0.2) is 22.8 Å². The molecule has 4 rings (SSSR count). The van der Waals surface area contributed by atoms with Crippen molar-refractivity contribution in [3.05, 3.63) is 37.9 Å². The van der Waals surface area contributed by atoms with Crippen molar-refractivity contribution in [3.8, 4) is 0 Å². The summed E-state index contributed by atoms with van der Waals surface area (Å²) >= 11 is 10.2. The van der Waals surface area contributed by atoms with E-state index < -0.39 is 0 Å². The first-order valence-corrected chi connectivity index (χ1v) is 10.6. The second-order valence-corrected chi connectivity index (χ2v) is 8.44. The van der Waals surface area contributed by atoms with Crippen LogP contribution in [0.1, 0.15) is 23.0 Å². The minimum Gasteiger partial charge on any atom is -0.483 e. The van der Waals surface area contributed by atoms with Crippen LogP contribution in [0, 0.1) is 3.57 Å². The Kier molecular flexibility index (Phi) is 7.46. The van der Waals surface area contributed by atoms with Crippen molar-refractivity contribution in [1.29, 1.82) is 0 Å². The first-order valence-electron chi connectivity index (χ1n) is 8.38. The Hall–Kier alpha value is -1.47. The number of hydrogen-bond donors (Lipinski definition) is 3. The number of carboxylic acid groups (broad SMARTS) is 1. The van der Waals surface area contributed by atoms with Gasteiger partial charge in [-0.2, -0.15) is 4.98 Å². The number of nitrogens with one attached hydrogen (secondary N) is 1. The topological polar surface area (TPSA) is 124 Å². The molecule has 150 valence electrons. The number of nitrogens with two attached hydrogens (primary N) is 1. The average molecular weight is 537 g/mol. The van der Waals surface area contributed by atoms with Gasteiger partial charge in [-0.15, -0.1) is 11.3 Å². The van der Waals surface area contributed by atoms with Crippen LogP contribution in [-0.2, 0) is 16.1 Å². The third-order valence-corrected chi connectivity index (χ3v) is 7.17. The standard InChI is InChI=1S/C16H16ClIN4O2S.CH2O2/c17-16-21-12-11(18)13(9-3-5-23-7-10(9)19)25-14(12)15(22-16)20-6-8-2-1-4-24-8;2-1-3/h1-2,4,9-10H,3,5-7,19H2,(H,20,21,22);1H,(H,2,3)/t9-,10-;/m1./s1. The Morgan fingerprint density at radius 2 is 2.29 bits per heavy atom. The van der Waals surface area contributed by atoms with Crippen LogP contribution >= 0.6 is 45.5 Å². The monoisotopic (exact) mass is 536 g/mol. The lowest BCUT2D eigenvalue weighted by Gasteiger charge is -2.28. The van der Waals surface area contributed by atoms with Crippen molar-refractivity contribution in [2.24, 2.45) is 5.73 Å². The number of nitrogens with zero attached hydrogens (tertiary/aromatic N) is 2. The van der Waals surface area contributed by atoms with E-state index in [-0.39, 0.29) is 23.7 Å². The highest BCUT2D eigenvalue weighted by molar-refractivity contribution is 14.1. The summed E-state index contributed by atoms with van der Waals surface area (Å²) in [6.45, 7) is 1.61. The molecule has 28 heavy (non-hydrogen) atoms. The molecule has 2 atom stereocenters. The summed E-state index contributed by atoms with van der Waals surface area (Å²) in [7, 11) is 0. The Morgan fingerprint density at radius 1 is 1.50 bits per heavy atom. The number of furan rings is 1. The number of anilines is 1. The minimum atomic E-state index is -0.250. The molecule has 0 aromatic carbocycles. The van der Waals surface area contributed by atoms with Gasteiger partial charge in [0, 0.05) is 23.4 Å². The third-order valence-electron chi connectivity index (χ3n) is 4.22. The molecular weight excluding hydrogens is 519 g/mol. The molecule has 0 aliphatic carbocycles. The number of thiophene rings is 1. The molecule has 0 amide bonds. The minimum absolute atomic E-state index is 0.00159. The molecule has 0 unspecified atom stereocenters. The number of rotatable bonds is 4. The molecule has 1 fully saturated rings. The molecule has 3 aromatic rings. The summed E-state index contributed by atoms with van der Waals surface area (Å²) in [5.74, 6) is 1.83. The Labute approximate surface area is 183 Å². The zero-order valence-corrected chi connectivity index (χ0v) is 18.3. The number of ether oxygens (including phenoxy) is 1. The van der Waals surface area contributed by atoms with Gasteiger partial charge in [-0.1, -0.05) is 0 Å². The number of fused-ring (bicyclic) bond motifs is 1. The second-order valence-electron chi connectivity index (χ2n) is 5.97. The third kappa shape index (κ3) is 4.74. The highest BCUT2D eigenvalue weighted by Gasteiger charge is 2.29. The Balaban J connectivity index is 0.000000706. The fraction of sp³-hybridized carbons (Fsp3) is 0.353. The smallest absolute Gasteiger partial charge is 0.290 e. The Bertz CT molecular complexity index is 937. The van der Waals surface area contributed by atoms with Crippen molar-refractivity contribution in [2.45, 2.75) is 24.9 Å². The summed E-state index contributed by atoms with van der Waals surface area (Å²) in [5.41, 5.74) is 7.16. The summed E-state index contributed by atoms with van der Waals surface area (Å²) in [4.78, 5) is 18.4. The SMILES string of the molecule is N[C@@H]1COCC[C@H]1c1sc2c(NCc3ccco3)nc(Cl)nc2c1I.O=CO. The summed E-state index contributed by atoms with van der Waals surface area (Å²) in [5, 5.41) is 10.4. The molecule has 11 heteroatoms. The summed E-state index contributed by atoms with van der Waals surface area (Å²) < 4.78 is 12.9. The molecule has 1 aliphatic rings. The number of halogens is 2. The lowest BCUT2D eigenvalue weighted by atomic mass is 9.94. The lowest BCUT2D eigenvalue weighted by molar-refractivity contribution is -0.122. The van der Waals surface area contributed by atoms with Crippen LogP contribution in [0.2, 0.25) is 5.28 Å². The molecule has 4 heterocycles. The molecule has 4 N–H and O–H groups in total. The largest absolute Gasteiger partial charge is 0.483 e. The van der Waals surface area contributed by atoms with Crippen molar-refractivity contribution in [3.63, 3.8) is 0 Å². The number of hydrogen-bond acceptors (Lipinski definition) is 8. The normalized spacial score (nSPS) is 19.1. The van der Waals surface area contributed by atoms with Crippen LogP contribution in [0.4, 0.5) is 5.82 Å². The highest BCUT2D eigenvalue weighted by atomic mass is 127. The zero-order valence-electron chi connectivity index (χ0n) is 14.6. The van der Waals surface area contributed by atoms with Gasteiger partial charge in [0.2, 0.25) is 5.28 Å². The highest BCUT2D eigenvalue weighted by Crippen LogP contribution is 2.42. The molecular formula is C17H18ClIN4O4S. The van der Waals surface area contributed by atoms with E-state index in [4.69, 9.17) is 36.4 Å². The maximum absolute atomic E-state index is 8.36. The van der Waals surface area contributed by atoms with Gasteiger partial charge in [0.05, 0.1) is 27.7 Å². The van der Waals surface area contributed by atoms with E-state index in [1.165, 1.54) is 4.88 Å². The van der Waals surface area contributed by atoms with Crippen molar-refractivity contribution in [1.82, 2.24) is 9.97 Å². The van der Waals surface area contributed by atoms with Crippen LogP contribution in [0.3, 0.4) is 0 Å². The van der Waals surface area contributed by atoms with Gasteiger partial charge in [-0.3, -0.25) is 4.79 Å². The van der Waals surface area contributed by atoms with Crippen LogP contribution < -0.4 is 11.1 Å². The van der Waals surface area contributed by atoms with Crippen LogP contribution in [0.25, 0.3) is 10.2 Å². The van der Waals surface area contributed by atoms with E-state index in [0.29, 0.717) is 13.2 Å². The molecule has 0 saturated carbocycles. The second kappa shape index (κ2) is 9.83. The zero-order chi connectivity index (χ0) is 20.1. The quantitative estimate of drug-likeness (QED) is 0.262. The molecule has 0 spiro atoms. The summed E-state index contributed by atoms with van der Waals surface area (Å²) in [6, 6.07) is 3.77. The maximum atomic E-state index is 8.36. The average Bonchev–Trinajstić information content (AvgIpc) is 3.30. The van der Waals surface area contributed by atoms with E-state index in [0.717, 1.165) is 38.4 Å². The van der Waals surface area contributed by atoms with E-state index in [9.17, 15) is 0 Å². The van der Waals surface area contributed by atoms with Crippen molar-refractivity contribution < 1.29 is 19.1 Å². The fourth-order valence-electron chi connectivity index (χ4n) is 2.97. The van der Waals surface area contributed by atoms with Gasteiger partial charge >= 0.3 is 0 Å². The molecule has 0 radical (unpaired) electrons. The van der Waals surface area contributed by atoms with Gasteiger partial charge < -0.3 is 25.3 Å². The maximum Gasteiger partial charge on any atom is 0.290 e. The van der Waals surface area contributed by atoms with Crippen LogP contribution in [-0.4, -0.2) is 40.8 Å². The number of aromatic nitrogens is 2. The molecule has 1 aliphatic heterocycles. The predicted molar refractivity (Wildman–Crippen MR) is 116 cm³/mol. The number of carbonyl (C=O) groups is 1. The summed E-state index contributed by atoms with van der Waals surface area (Å²) in [6.07, 6.45) is 2.57. The Morgan fingerprint density at radius 3 is 2.96 bits per heavy atom. The van der Waals surface area contributed by atoms with Gasteiger partial charge in [-0.25, -0.2) is 4.98 Å². The van der Waals surface area contributed by atoms with E-state index >= 15 is 0 Å². The molecule has 8 nitrogen and oxygen atoms in total. The van der Waals surface area contributed by atoms with Gasteiger partial charge in [0.15, 0.2) is 0 Å². The predicted octanol–water partition coefficient (Wildman–Crippen LogP) is 3.69. The van der Waals surface area contributed by atoms with Gasteiger partial charge in [0.1, 0.15) is 17.1 Å². The molecule has 1 saturated heterocycles. The first kappa shape index (κ1) is 21.2.